The van der Waals surface area contributed by atoms with Crippen LogP contribution >= 0.6 is 11.3 Å². The van der Waals surface area contributed by atoms with Gasteiger partial charge in [-0.15, -0.1) is 0 Å². The molecule has 1 N–H and O–H groups in total. The van der Waals surface area contributed by atoms with Crippen LogP contribution in [0.4, 0.5) is 8.78 Å². The molecule has 1 unspecified atom stereocenters. The molecule has 1 nitrogen and oxygen atoms in total. The second-order valence-electron chi connectivity index (χ2n) is 4.84. The maximum Gasteiger partial charge on any atom is 0.162 e. The van der Waals surface area contributed by atoms with E-state index in [1.807, 2.05) is 6.92 Å². The number of aryl methyl sites for hydroxylation is 1. The van der Waals surface area contributed by atoms with Crippen molar-refractivity contribution in [2.24, 2.45) is 0 Å². The van der Waals surface area contributed by atoms with E-state index in [1.165, 1.54) is 5.56 Å². The summed E-state index contributed by atoms with van der Waals surface area (Å²) in [5.74, 6) is -1.48. The number of benzene rings is 1. The zero-order valence-corrected chi connectivity index (χ0v) is 12.4. The molecule has 0 bridgehead atoms. The molecule has 0 aliphatic rings. The smallest absolute Gasteiger partial charge is 0.162 e. The molecule has 0 radical (unpaired) electrons. The van der Waals surface area contributed by atoms with Crippen molar-refractivity contribution in [2.75, 3.05) is 6.54 Å². The Morgan fingerprint density at radius 3 is 2.80 bits per heavy atom. The van der Waals surface area contributed by atoms with E-state index in [4.69, 9.17) is 0 Å². The van der Waals surface area contributed by atoms with E-state index in [9.17, 15) is 8.78 Å². The van der Waals surface area contributed by atoms with Gasteiger partial charge in [0.25, 0.3) is 0 Å². The van der Waals surface area contributed by atoms with Gasteiger partial charge in [-0.3, -0.25) is 0 Å². The minimum Gasteiger partial charge on any atom is -0.314 e. The molecule has 2 aromatic rings. The molecule has 20 heavy (non-hydrogen) atoms. The van der Waals surface area contributed by atoms with Crippen LogP contribution < -0.4 is 5.32 Å². The van der Waals surface area contributed by atoms with Crippen LogP contribution in [0.3, 0.4) is 0 Å². The summed E-state index contributed by atoms with van der Waals surface area (Å²) in [5.41, 5.74) is 1.75. The Balaban J connectivity index is 1.99. The lowest BCUT2D eigenvalue weighted by Gasteiger charge is -2.18. The molecule has 1 aromatic carbocycles. The van der Waals surface area contributed by atoms with Gasteiger partial charge in [0.15, 0.2) is 11.6 Å². The zero-order valence-electron chi connectivity index (χ0n) is 11.5. The third kappa shape index (κ3) is 4.12. The van der Waals surface area contributed by atoms with Gasteiger partial charge in [0, 0.05) is 6.04 Å². The number of thiophene rings is 1. The first-order valence-electron chi connectivity index (χ1n) is 6.88. The highest BCUT2D eigenvalue weighted by molar-refractivity contribution is 7.07. The summed E-state index contributed by atoms with van der Waals surface area (Å²) >= 11 is 1.68. The first kappa shape index (κ1) is 15.1. The standard InChI is InChI=1S/C16H19F2NS/c1-2-19-14(7-6-12-8-9-20-11-12)10-13-4-3-5-15(17)16(13)18/h3-5,8-9,11,14,19H,2,6-7,10H2,1H3. The second kappa shape index (κ2) is 7.50. The van der Waals surface area contributed by atoms with Crippen LogP contribution in [-0.2, 0) is 12.8 Å². The Hall–Kier alpha value is -1.26. The maximum atomic E-state index is 13.7. The number of halogens is 2. The van der Waals surface area contributed by atoms with Crippen molar-refractivity contribution in [3.63, 3.8) is 0 Å². The lowest BCUT2D eigenvalue weighted by molar-refractivity contribution is 0.461. The van der Waals surface area contributed by atoms with E-state index >= 15 is 0 Å². The predicted molar refractivity (Wildman–Crippen MR) is 80.2 cm³/mol. The summed E-state index contributed by atoms with van der Waals surface area (Å²) in [6.07, 6.45) is 2.39. The number of hydrogen-bond donors (Lipinski definition) is 1. The van der Waals surface area contributed by atoms with E-state index < -0.39 is 11.6 Å². The van der Waals surface area contributed by atoms with Crippen molar-refractivity contribution in [2.45, 2.75) is 32.2 Å². The Morgan fingerprint density at radius 1 is 1.25 bits per heavy atom. The molecule has 0 fully saturated rings. The van der Waals surface area contributed by atoms with Crippen molar-refractivity contribution in [3.8, 4) is 0 Å². The van der Waals surface area contributed by atoms with Gasteiger partial charge in [-0.05, 0) is 59.8 Å². The molecule has 0 amide bonds. The Bertz CT molecular complexity index is 525. The lowest BCUT2D eigenvalue weighted by atomic mass is 9.99. The molecule has 0 aliphatic carbocycles. The van der Waals surface area contributed by atoms with Gasteiger partial charge in [-0.1, -0.05) is 19.1 Å². The highest BCUT2D eigenvalue weighted by atomic mass is 32.1. The van der Waals surface area contributed by atoms with Gasteiger partial charge in [0.05, 0.1) is 0 Å². The van der Waals surface area contributed by atoms with E-state index in [-0.39, 0.29) is 6.04 Å². The molecule has 1 atom stereocenters. The molecule has 0 spiro atoms. The quantitative estimate of drug-likeness (QED) is 0.808. The van der Waals surface area contributed by atoms with E-state index in [0.717, 1.165) is 25.5 Å². The first-order valence-corrected chi connectivity index (χ1v) is 7.82. The van der Waals surface area contributed by atoms with Crippen molar-refractivity contribution in [1.82, 2.24) is 5.32 Å². The van der Waals surface area contributed by atoms with Crippen LogP contribution in [0.25, 0.3) is 0 Å². The summed E-state index contributed by atoms with van der Waals surface area (Å²) in [5, 5.41) is 7.54. The van der Waals surface area contributed by atoms with E-state index in [1.54, 1.807) is 23.5 Å². The van der Waals surface area contributed by atoms with Gasteiger partial charge < -0.3 is 5.32 Å². The second-order valence-corrected chi connectivity index (χ2v) is 5.62. The fraction of sp³-hybridized carbons (Fsp3) is 0.375. The summed E-state index contributed by atoms with van der Waals surface area (Å²) in [6.45, 7) is 2.85. The molecule has 0 saturated carbocycles. The van der Waals surface area contributed by atoms with Crippen molar-refractivity contribution < 1.29 is 8.78 Å². The molecular weight excluding hydrogens is 276 g/mol. The normalized spacial score (nSPS) is 12.6. The molecule has 4 heteroatoms. The van der Waals surface area contributed by atoms with Crippen molar-refractivity contribution >= 4 is 11.3 Å². The van der Waals surface area contributed by atoms with Crippen LogP contribution in [0, 0.1) is 11.6 Å². The van der Waals surface area contributed by atoms with E-state index in [2.05, 4.69) is 22.1 Å². The van der Waals surface area contributed by atoms with Crippen LogP contribution in [0.15, 0.2) is 35.0 Å². The molecule has 0 saturated heterocycles. The van der Waals surface area contributed by atoms with Crippen molar-refractivity contribution in [3.05, 3.63) is 57.8 Å². The fourth-order valence-corrected chi connectivity index (χ4v) is 3.02. The molecule has 108 valence electrons. The van der Waals surface area contributed by atoms with Crippen LogP contribution in [0.5, 0.6) is 0 Å². The third-order valence-corrected chi connectivity index (χ3v) is 4.08. The number of hydrogen-bond acceptors (Lipinski definition) is 2. The predicted octanol–water partition coefficient (Wildman–Crippen LogP) is 4.18. The summed E-state index contributed by atoms with van der Waals surface area (Å²) in [7, 11) is 0. The molecule has 0 aliphatic heterocycles. The molecule has 1 heterocycles. The number of nitrogens with one attached hydrogen (secondary N) is 1. The summed E-state index contributed by atoms with van der Waals surface area (Å²) < 4.78 is 26.9. The molecular formula is C16H19F2NS. The monoisotopic (exact) mass is 295 g/mol. The van der Waals surface area contributed by atoms with Crippen molar-refractivity contribution in [1.29, 1.82) is 0 Å². The van der Waals surface area contributed by atoms with Gasteiger partial charge in [0.2, 0.25) is 0 Å². The number of rotatable bonds is 7. The third-order valence-electron chi connectivity index (χ3n) is 3.35. The van der Waals surface area contributed by atoms with Gasteiger partial charge in [-0.25, -0.2) is 8.78 Å². The fourth-order valence-electron chi connectivity index (χ4n) is 2.31. The average Bonchev–Trinajstić information content (AvgIpc) is 2.94. The molecule has 2 rings (SSSR count). The Labute approximate surface area is 122 Å². The van der Waals surface area contributed by atoms with Crippen LogP contribution in [0.2, 0.25) is 0 Å². The zero-order chi connectivity index (χ0) is 14.4. The maximum absolute atomic E-state index is 13.7. The SMILES string of the molecule is CCNC(CCc1ccsc1)Cc1cccc(F)c1F. The lowest BCUT2D eigenvalue weighted by Crippen LogP contribution is -2.31. The summed E-state index contributed by atoms with van der Waals surface area (Å²) in [6, 6.07) is 6.66. The highest BCUT2D eigenvalue weighted by Crippen LogP contribution is 2.16. The Morgan fingerprint density at radius 2 is 2.10 bits per heavy atom. The Kier molecular flexibility index (Phi) is 5.68. The van der Waals surface area contributed by atoms with Gasteiger partial charge >= 0.3 is 0 Å². The van der Waals surface area contributed by atoms with Gasteiger partial charge in [0.1, 0.15) is 0 Å². The minimum absolute atomic E-state index is 0.163. The number of likely N-dealkylation sites (N-methyl/N-ethyl adjacent to an activating group) is 1. The largest absolute Gasteiger partial charge is 0.314 e. The minimum atomic E-state index is -0.768. The summed E-state index contributed by atoms with van der Waals surface area (Å²) in [4.78, 5) is 0. The highest BCUT2D eigenvalue weighted by Gasteiger charge is 2.14. The van der Waals surface area contributed by atoms with Gasteiger partial charge in [-0.2, -0.15) is 11.3 Å². The first-order chi connectivity index (χ1) is 9.70. The molecule has 1 aromatic heterocycles. The van der Waals surface area contributed by atoms with E-state index in [0.29, 0.717) is 12.0 Å². The van der Waals surface area contributed by atoms with Crippen LogP contribution in [-0.4, -0.2) is 12.6 Å². The average molecular weight is 295 g/mol. The topological polar surface area (TPSA) is 12.0 Å². The van der Waals surface area contributed by atoms with Crippen LogP contribution in [0.1, 0.15) is 24.5 Å².